The second-order valence-corrected chi connectivity index (χ2v) is 5.61. The van der Waals surface area contributed by atoms with Crippen LogP contribution < -0.4 is 0 Å². The van der Waals surface area contributed by atoms with Crippen molar-refractivity contribution in [3.8, 4) is 0 Å². The van der Waals surface area contributed by atoms with Gasteiger partial charge in [-0.2, -0.15) is 0 Å². The lowest BCUT2D eigenvalue weighted by molar-refractivity contribution is 0.891. The van der Waals surface area contributed by atoms with Gasteiger partial charge in [-0.1, -0.05) is 60.7 Å². The van der Waals surface area contributed by atoms with Crippen molar-refractivity contribution >= 4 is 0 Å². The number of aryl methyl sites for hydroxylation is 2. The van der Waals surface area contributed by atoms with Crippen LogP contribution in [0.25, 0.3) is 0 Å². The molecule has 0 spiro atoms. The summed E-state index contributed by atoms with van der Waals surface area (Å²) in [5.74, 6) is 0. The molecule has 2 aromatic carbocycles. The number of nitrogens with zero attached hydrogens (tertiary/aromatic N) is 2. The fraction of sp³-hybridized carbons (Fsp3) is 0.200. The van der Waals surface area contributed by atoms with Crippen molar-refractivity contribution in [2.75, 3.05) is 0 Å². The summed E-state index contributed by atoms with van der Waals surface area (Å²) < 4.78 is 0. The second kappa shape index (κ2) is 6.52. The normalized spacial score (nSPS) is 10.6. The first kappa shape index (κ1) is 14.5. The lowest BCUT2D eigenvalue weighted by atomic mass is 10.1. The minimum atomic E-state index is 0.835. The zero-order chi connectivity index (χ0) is 15.4. The Balaban J connectivity index is 1.90. The zero-order valence-electron chi connectivity index (χ0n) is 13.1. The van der Waals surface area contributed by atoms with E-state index in [0.717, 1.165) is 35.6 Å². The summed E-state index contributed by atoms with van der Waals surface area (Å²) in [5, 5.41) is 0. The number of hydrogen-bond acceptors (Lipinski definition) is 2. The number of hydrogen-bond donors (Lipinski definition) is 0. The predicted octanol–water partition coefficient (Wildman–Crippen LogP) is 4.28. The largest absolute Gasteiger partial charge is 0.255 e. The lowest BCUT2D eigenvalue weighted by Gasteiger charge is -2.11. The molecule has 2 nitrogen and oxygen atoms in total. The van der Waals surface area contributed by atoms with Crippen molar-refractivity contribution in [2.45, 2.75) is 26.7 Å². The summed E-state index contributed by atoms with van der Waals surface area (Å²) in [6.07, 6.45) is 1.67. The monoisotopic (exact) mass is 288 g/mol. The molecule has 0 N–H and O–H groups in total. The summed E-state index contributed by atoms with van der Waals surface area (Å²) in [7, 11) is 0. The smallest absolute Gasteiger partial charge is 0.0663 e. The number of aromatic nitrogens is 2. The predicted molar refractivity (Wildman–Crippen MR) is 90.0 cm³/mol. The number of benzene rings is 2. The maximum atomic E-state index is 4.90. The topological polar surface area (TPSA) is 25.8 Å². The van der Waals surface area contributed by atoms with Gasteiger partial charge in [-0.3, -0.25) is 9.97 Å². The van der Waals surface area contributed by atoms with Gasteiger partial charge in [-0.15, -0.1) is 0 Å². The van der Waals surface area contributed by atoms with E-state index in [1.165, 1.54) is 11.1 Å². The molecule has 22 heavy (non-hydrogen) atoms. The maximum Gasteiger partial charge on any atom is 0.0663 e. The SMILES string of the molecule is Cc1nc(C)c(Cc2ccccc2)nc1Cc1ccccc1. The highest BCUT2D eigenvalue weighted by Crippen LogP contribution is 2.15. The molecule has 0 fully saturated rings. The Morgan fingerprint density at radius 1 is 0.591 bits per heavy atom. The summed E-state index contributed by atoms with van der Waals surface area (Å²) in [5.41, 5.74) is 6.74. The molecule has 0 unspecified atom stereocenters. The van der Waals surface area contributed by atoms with Gasteiger partial charge in [-0.25, -0.2) is 0 Å². The van der Waals surface area contributed by atoms with Gasteiger partial charge in [0, 0.05) is 12.8 Å². The van der Waals surface area contributed by atoms with Gasteiger partial charge in [-0.05, 0) is 25.0 Å². The highest BCUT2D eigenvalue weighted by molar-refractivity contribution is 5.29. The average molecular weight is 288 g/mol. The van der Waals surface area contributed by atoms with Crippen LogP contribution in [0.2, 0.25) is 0 Å². The Morgan fingerprint density at radius 3 is 1.41 bits per heavy atom. The Hall–Kier alpha value is -2.48. The second-order valence-electron chi connectivity index (χ2n) is 5.61. The molecule has 3 aromatic rings. The lowest BCUT2D eigenvalue weighted by Crippen LogP contribution is -2.06. The van der Waals surface area contributed by atoms with Gasteiger partial charge in [0.2, 0.25) is 0 Å². The van der Waals surface area contributed by atoms with Crippen LogP contribution in [-0.2, 0) is 12.8 Å². The minimum absolute atomic E-state index is 0.835. The fourth-order valence-corrected chi connectivity index (χ4v) is 2.62. The summed E-state index contributed by atoms with van der Waals surface area (Å²) in [4.78, 5) is 9.60. The van der Waals surface area contributed by atoms with Gasteiger partial charge in [0.05, 0.1) is 22.8 Å². The van der Waals surface area contributed by atoms with E-state index in [4.69, 9.17) is 9.97 Å². The van der Waals surface area contributed by atoms with Crippen molar-refractivity contribution in [3.05, 3.63) is 94.6 Å². The third-order valence-electron chi connectivity index (χ3n) is 3.87. The van der Waals surface area contributed by atoms with E-state index in [-0.39, 0.29) is 0 Å². The maximum absolute atomic E-state index is 4.90. The Kier molecular flexibility index (Phi) is 4.29. The third-order valence-corrected chi connectivity index (χ3v) is 3.87. The summed E-state index contributed by atoms with van der Waals surface area (Å²) >= 11 is 0. The van der Waals surface area contributed by atoms with Crippen LogP contribution in [0, 0.1) is 13.8 Å². The van der Waals surface area contributed by atoms with Crippen molar-refractivity contribution in [2.24, 2.45) is 0 Å². The van der Waals surface area contributed by atoms with Crippen molar-refractivity contribution < 1.29 is 0 Å². The Bertz CT molecular complexity index is 687. The van der Waals surface area contributed by atoms with E-state index < -0.39 is 0 Å². The van der Waals surface area contributed by atoms with Crippen LogP contribution in [0.15, 0.2) is 60.7 Å². The van der Waals surface area contributed by atoms with Crippen LogP contribution >= 0.6 is 0 Å². The van der Waals surface area contributed by atoms with E-state index in [9.17, 15) is 0 Å². The Morgan fingerprint density at radius 2 is 1.00 bits per heavy atom. The molecule has 0 aliphatic heterocycles. The van der Waals surface area contributed by atoms with Crippen LogP contribution in [-0.4, -0.2) is 9.97 Å². The van der Waals surface area contributed by atoms with Crippen LogP contribution in [0.4, 0.5) is 0 Å². The summed E-state index contributed by atoms with van der Waals surface area (Å²) in [6, 6.07) is 20.9. The van der Waals surface area contributed by atoms with E-state index in [2.05, 4.69) is 48.5 Å². The first-order valence-electron chi connectivity index (χ1n) is 7.63. The molecule has 110 valence electrons. The molecule has 1 aromatic heterocycles. The average Bonchev–Trinajstić information content (AvgIpc) is 2.54. The van der Waals surface area contributed by atoms with E-state index >= 15 is 0 Å². The molecule has 3 rings (SSSR count). The van der Waals surface area contributed by atoms with Crippen molar-refractivity contribution in [1.82, 2.24) is 9.97 Å². The van der Waals surface area contributed by atoms with E-state index in [0.29, 0.717) is 0 Å². The fourth-order valence-electron chi connectivity index (χ4n) is 2.62. The standard InChI is InChI=1S/C20H20N2/c1-15-19(13-17-9-5-3-6-10-17)22-20(16(2)21-15)14-18-11-7-4-8-12-18/h3-12H,13-14H2,1-2H3. The van der Waals surface area contributed by atoms with Gasteiger partial charge >= 0.3 is 0 Å². The van der Waals surface area contributed by atoms with Crippen molar-refractivity contribution in [3.63, 3.8) is 0 Å². The highest BCUT2D eigenvalue weighted by Gasteiger charge is 2.09. The third kappa shape index (κ3) is 3.40. The molecule has 0 amide bonds. The first-order chi connectivity index (χ1) is 10.7. The van der Waals surface area contributed by atoms with Crippen LogP contribution in [0.3, 0.4) is 0 Å². The first-order valence-corrected chi connectivity index (χ1v) is 7.63. The molecule has 0 atom stereocenters. The number of rotatable bonds is 4. The van der Waals surface area contributed by atoms with Gasteiger partial charge in [0.1, 0.15) is 0 Å². The molecule has 1 heterocycles. The molecule has 0 bridgehead atoms. The zero-order valence-corrected chi connectivity index (χ0v) is 13.1. The molecule has 2 heteroatoms. The molecule has 0 aliphatic rings. The van der Waals surface area contributed by atoms with E-state index in [1.807, 2.05) is 26.0 Å². The molecule has 0 radical (unpaired) electrons. The van der Waals surface area contributed by atoms with E-state index in [1.54, 1.807) is 0 Å². The molecular weight excluding hydrogens is 268 g/mol. The molecular formula is C20H20N2. The summed E-state index contributed by atoms with van der Waals surface area (Å²) in [6.45, 7) is 4.09. The van der Waals surface area contributed by atoms with Gasteiger partial charge in [0.15, 0.2) is 0 Å². The minimum Gasteiger partial charge on any atom is -0.255 e. The van der Waals surface area contributed by atoms with Crippen molar-refractivity contribution in [1.29, 1.82) is 0 Å². The molecule has 0 aliphatic carbocycles. The van der Waals surface area contributed by atoms with Crippen LogP contribution in [0.5, 0.6) is 0 Å². The Labute approximate surface area is 131 Å². The molecule has 0 saturated carbocycles. The van der Waals surface area contributed by atoms with Crippen LogP contribution in [0.1, 0.15) is 33.9 Å². The van der Waals surface area contributed by atoms with Gasteiger partial charge < -0.3 is 0 Å². The highest BCUT2D eigenvalue weighted by atomic mass is 14.8. The van der Waals surface area contributed by atoms with Gasteiger partial charge in [0.25, 0.3) is 0 Å². The quantitative estimate of drug-likeness (QED) is 0.716. The molecule has 0 saturated heterocycles.